The van der Waals surface area contributed by atoms with Crippen LogP contribution in [0.5, 0.6) is 0 Å². The SMILES string of the molecule is CN=C(NCCCOCC1CCCO1)NCCNS(=O)(=O)c1ccc(Cl)s1.I. The lowest BCUT2D eigenvalue weighted by atomic mass is 10.2. The maximum atomic E-state index is 12.1. The Morgan fingerprint density at radius 1 is 1.36 bits per heavy atom. The van der Waals surface area contributed by atoms with E-state index < -0.39 is 10.0 Å². The highest BCUT2D eigenvalue weighted by Gasteiger charge is 2.16. The number of rotatable bonds is 11. The summed E-state index contributed by atoms with van der Waals surface area (Å²) in [6.45, 7) is 3.52. The topological polar surface area (TPSA) is 101 Å². The number of aliphatic imine (C=N–C) groups is 1. The first-order valence-corrected chi connectivity index (χ1v) is 11.6. The summed E-state index contributed by atoms with van der Waals surface area (Å²) in [6.07, 6.45) is 3.30. The van der Waals surface area contributed by atoms with Crippen molar-refractivity contribution in [3.8, 4) is 0 Å². The summed E-state index contributed by atoms with van der Waals surface area (Å²) in [7, 11) is -1.85. The highest BCUT2D eigenvalue weighted by Crippen LogP contribution is 2.25. The molecule has 1 aliphatic heterocycles. The Morgan fingerprint density at radius 2 is 2.14 bits per heavy atom. The molecule has 0 bridgehead atoms. The molecule has 12 heteroatoms. The number of hydrogen-bond donors (Lipinski definition) is 3. The average Bonchev–Trinajstić information content (AvgIpc) is 3.31. The van der Waals surface area contributed by atoms with Gasteiger partial charge < -0.3 is 20.1 Å². The summed E-state index contributed by atoms with van der Waals surface area (Å²) in [6, 6.07) is 3.06. The van der Waals surface area contributed by atoms with Gasteiger partial charge >= 0.3 is 0 Å². The Labute approximate surface area is 192 Å². The molecule has 3 N–H and O–H groups in total. The van der Waals surface area contributed by atoms with Gasteiger partial charge in [0.15, 0.2) is 5.96 Å². The Kier molecular flexibility index (Phi) is 12.9. The average molecular weight is 567 g/mol. The van der Waals surface area contributed by atoms with E-state index in [-0.39, 0.29) is 40.8 Å². The van der Waals surface area contributed by atoms with Crippen molar-refractivity contribution in [2.24, 2.45) is 4.99 Å². The van der Waals surface area contributed by atoms with Crippen LogP contribution in [0.2, 0.25) is 4.34 Å². The fourth-order valence-electron chi connectivity index (χ4n) is 2.47. The van der Waals surface area contributed by atoms with Crippen LogP contribution in [0.4, 0.5) is 0 Å². The van der Waals surface area contributed by atoms with Crippen molar-refractivity contribution in [3.05, 3.63) is 16.5 Å². The smallest absolute Gasteiger partial charge is 0.250 e. The number of guanidine groups is 1. The Bertz CT molecular complexity index is 697. The molecule has 1 aromatic heterocycles. The van der Waals surface area contributed by atoms with Gasteiger partial charge in [0.2, 0.25) is 10.0 Å². The lowest BCUT2D eigenvalue weighted by Crippen LogP contribution is -2.41. The third kappa shape index (κ3) is 9.55. The van der Waals surface area contributed by atoms with E-state index in [9.17, 15) is 8.42 Å². The van der Waals surface area contributed by atoms with E-state index in [4.69, 9.17) is 21.1 Å². The molecule has 1 saturated heterocycles. The summed E-state index contributed by atoms with van der Waals surface area (Å²) in [5, 5.41) is 6.23. The van der Waals surface area contributed by atoms with Crippen molar-refractivity contribution >= 4 is 62.9 Å². The zero-order valence-corrected chi connectivity index (χ0v) is 20.5. The van der Waals surface area contributed by atoms with E-state index >= 15 is 0 Å². The summed E-state index contributed by atoms with van der Waals surface area (Å²) in [5.41, 5.74) is 0. The number of thiophene rings is 1. The molecule has 2 rings (SSSR count). The van der Waals surface area contributed by atoms with Gasteiger partial charge in [-0.05, 0) is 31.4 Å². The molecule has 1 atom stereocenters. The highest BCUT2D eigenvalue weighted by molar-refractivity contribution is 14.0. The molecule has 0 radical (unpaired) electrons. The number of sulfonamides is 1. The number of nitrogens with zero attached hydrogens (tertiary/aromatic N) is 1. The third-order valence-electron chi connectivity index (χ3n) is 3.83. The Balaban J connectivity index is 0.00000392. The van der Waals surface area contributed by atoms with Crippen molar-refractivity contribution in [1.29, 1.82) is 0 Å². The summed E-state index contributed by atoms with van der Waals surface area (Å²) >= 11 is 6.80. The van der Waals surface area contributed by atoms with Crippen molar-refractivity contribution in [2.75, 3.05) is 46.5 Å². The second kappa shape index (κ2) is 13.9. The van der Waals surface area contributed by atoms with Crippen LogP contribution in [0.3, 0.4) is 0 Å². The molecule has 0 aliphatic carbocycles. The van der Waals surface area contributed by atoms with Gasteiger partial charge in [-0.15, -0.1) is 35.3 Å². The minimum atomic E-state index is -3.52. The number of ether oxygens (including phenoxy) is 2. The largest absolute Gasteiger partial charge is 0.379 e. The number of halogens is 2. The van der Waals surface area contributed by atoms with Crippen LogP contribution >= 0.6 is 46.9 Å². The quantitative estimate of drug-likeness (QED) is 0.164. The molecule has 0 saturated carbocycles. The third-order valence-corrected chi connectivity index (χ3v) is 7.02. The van der Waals surface area contributed by atoms with E-state index in [2.05, 4.69) is 20.3 Å². The van der Waals surface area contributed by atoms with E-state index in [0.717, 1.165) is 37.2 Å². The molecule has 0 spiro atoms. The van der Waals surface area contributed by atoms with E-state index in [1.54, 1.807) is 13.1 Å². The van der Waals surface area contributed by atoms with Crippen LogP contribution < -0.4 is 15.4 Å². The fourth-order valence-corrected chi connectivity index (χ4v) is 5.03. The van der Waals surface area contributed by atoms with E-state index in [0.29, 0.717) is 36.6 Å². The zero-order chi connectivity index (χ0) is 19.5. The minimum Gasteiger partial charge on any atom is -0.379 e. The van der Waals surface area contributed by atoms with Crippen molar-refractivity contribution in [1.82, 2.24) is 15.4 Å². The lowest BCUT2D eigenvalue weighted by Gasteiger charge is -2.13. The minimum absolute atomic E-state index is 0. The molecular weight excluding hydrogens is 539 g/mol. The lowest BCUT2D eigenvalue weighted by molar-refractivity contribution is 0.0168. The van der Waals surface area contributed by atoms with Crippen LogP contribution in [0.15, 0.2) is 21.3 Å². The molecule has 162 valence electrons. The van der Waals surface area contributed by atoms with Gasteiger partial charge in [0.1, 0.15) is 4.21 Å². The first kappa shape index (κ1) is 25.9. The summed E-state index contributed by atoms with van der Waals surface area (Å²) in [5.74, 6) is 0.618. The second-order valence-corrected chi connectivity index (χ2v) is 9.65. The predicted octanol–water partition coefficient (Wildman–Crippen LogP) is 2.05. The van der Waals surface area contributed by atoms with Crippen molar-refractivity contribution in [3.63, 3.8) is 0 Å². The van der Waals surface area contributed by atoms with E-state index in [1.165, 1.54) is 6.07 Å². The van der Waals surface area contributed by atoms with Gasteiger partial charge in [0.05, 0.1) is 17.0 Å². The van der Waals surface area contributed by atoms with Gasteiger partial charge in [-0.3, -0.25) is 4.99 Å². The monoisotopic (exact) mass is 566 g/mol. The second-order valence-electron chi connectivity index (χ2n) is 5.95. The molecular formula is C16H28ClIN4O4S2. The number of nitrogens with one attached hydrogen (secondary N) is 3. The van der Waals surface area contributed by atoms with Crippen LogP contribution in [-0.4, -0.2) is 67.0 Å². The molecule has 0 amide bonds. The summed E-state index contributed by atoms with van der Waals surface area (Å²) < 4.78 is 38.4. The fraction of sp³-hybridized carbons (Fsp3) is 0.688. The van der Waals surface area contributed by atoms with Gasteiger partial charge in [0, 0.05) is 39.9 Å². The number of hydrogen-bond acceptors (Lipinski definition) is 6. The molecule has 1 aromatic rings. The van der Waals surface area contributed by atoms with Gasteiger partial charge in [-0.1, -0.05) is 11.6 Å². The molecule has 28 heavy (non-hydrogen) atoms. The maximum Gasteiger partial charge on any atom is 0.250 e. The van der Waals surface area contributed by atoms with Gasteiger partial charge in [-0.25, -0.2) is 13.1 Å². The Hall–Kier alpha value is -0.180. The normalized spacial score (nSPS) is 17.4. The highest BCUT2D eigenvalue weighted by atomic mass is 127. The predicted molar refractivity (Wildman–Crippen MR) is 124 cm³/mol. The van der Waals surface area contributed by atoms with Gasteiger partial charge in [-0.2, -0.15) is 0 Å². The molecule has 1 aliphatic rings. The van der Waals surface area contributed by atoms with Gasteiger partial charge in [0.25, 0.3) is 0 Å². The summed E-state index contributed by atoms with van der Waals surface area (Å²) in [4.78, 5) is 4.11. The standard InChI is InChI=1S/C16H27ClN4O4S2.HI/c1-18-16(19-7-3-10-24-12-13-4-2-11-25-13)20-8-9-21-27(22,23)15-6-5-14(17)26-15;/h5-6,13,21H,2-4,7-12H2,1H3,(H2,18,19,20);1H. The first-order chi connectivity index (χ1) is 13.0. The maximum absolute atomic E-state index is 12.1. The molecule has 8 nitrogen and oxygen atoms in total. The molecule has 1 unspecified atom stereocenters. The van der Waals surface area contributed by atoms with Crippen LogP contribution in [0.25, 0.3) is 0 Å². The molecule has 2 heterocycles. The van der Waals surface area contributed by atoms with Crippen LogP contribution in [0, 0.1) is 0 Å². The van der Waals surface area contributed by atoms with Crippen molar-refractivity contribution < 1.29 is 17.9 Å². The molecule has 1 fully saturated rings. The van der Waals surface area contributed by atoms with Crippen LogP contribution in [0.1, 0.15) is 19.3 Å². The van der Waals surface area contributed by atoms with Crippen molar-refractivity contribution in [2.45, 2.75) is 29.6 Å². The zero-order valence-electron chi connectivity index (χ0n) is 15.8. The van der Waals surface area contributed by atoms with E-state index in [1.807, 2.05) is 0 Å². The first-order valence-electron chi connectivity index (χ1n) is 8.90. The Morgan fingerprint density at radius 3 is 2.79 bits per heavy atom. The molecule has 0 aromatic carbocycles. The van der Waals surface area contributed by atoms with Crippen LogP contribution in [-0.2, 0) is 19.5 Å².